The summed E-state index contributed by atoms with van der Waals surface area (Å²) in [6.45, 7) is 1.22. The average Bonchev–Trinajstić information content (AvgIpc) is 3.33. The molecule has 27 heavy (non-hydrogen) atoms. The van der Waals surface area contributed by atoms with Crippen LogP contribution < -0.4 is 4.74 Å². The first-order valence-electron chi connectivity index (χ1n) is 8.61. The first-order chi connectivity index (χ1) is 13.1. The van der Waals surface area contributed by atoms with E-state index in [1.165, 1.54) is 0 Å². The molecule has 3 aromatic heterocycles. The van der Waals surface area contributed by atoms with E-state index >= 15 is 0 Å². The van der Waals surface area contributed by atoms with E-state index in [0.29, 0.717) is 24.8 Å². The molecule has 0 bridgehead atoms. The lowest BCUT2D eigenvalue weighted by molar-refractivity contribution is 0.0506. The molecule has 1 amide bonds. The van der Waals surface area contributed by atoms with E-state index < -0.39 is 0 Å². The number of nitrogens with zero attached hydrogens (tertiary/aromatic N) is 5. The van der Waals surface area contributed by atoms with Crippen molar-refractivity contribution in [2.24, 2.45) is 7.05 Å². The molecule has 3 aromatic rings. The summed E-state index contributed by atoms with van der Waals surface area (Å²) < 4.78 is 8.31. The van der Waals surface area contributed by atoms with Gasteiger partial charge in [0.05, 0.1) is 15.9 Å². The van der Waals surface area contributed by atoms with E-state index in [9.17, 15) is 4.79 Å². The summed E-state index contributed by atoms with van der Waals surface area (Å²) in [7, 11) is 1.80. The van der Waals surface area contributed by atoms with Gasteiger partial charge in [0.15, 0.2) is 0 Å². The monoisotopic (exact) mass is 447 g/mol. The molecule has 0 spiro atoms. The van der Waals surface area contributed by atoms with E-state index in [2.05, 4.69) is 31.0 Å². The molecule has 0 radical (unpaired) electrons. The van der Waals surface area contributed by atoms with Gasteiger partial charge in [-0.3, -0.25) is 9.48 Å². The van der Waals surface area contributed by atoms with Gasteiger partial charge in [-0.15, -0.1) is 11.3 Å². The highest BCUT2D eigenvalue weighted by Gasteiger charge is 2.28. The Labute approximate surface area is 169 Å². The van der Waals surface area contributed by atoms with Crippen molar-refractivity contribution < 1.29 is 9.53 Å². The smallest absolute Gasteiger partial charge is 0.316 e. The molecule has 1 fully saturated rings. The van der Waals surface area contributed by atoms with Crippen LogP contribution in [0.4, 0.5) is 0 Å². The summed E-state index contributed by atoms with van der Waals surface area (Å²) in [5.41, 5.74) is 1.41. The molecule has 1 atom stereocenters. The van der Waals surface area contributed by atoms with Gasteiger partial charge < -0.3 is 9.64 Å². The van der Waals surface area contributed by atoms with E-state index in [1.54, 1.807) is 35.5 Å². The summed E-state index contributed by atoms with van der Waals surface area (Å²) >= 11 is 4.92. The van der Waals surface area contributed by atoms with Crippen LogP contribution in [-0.2, 0) is 7.05 Å². The van der Waals surface area contributed by atoms with Crippen LogP contribution in [0.2, 0.25) is 0 Å². The Morgan fingerprint density at radius 1 is 1.37 bits per heavy atom. The van der Waals surface area contributed by atoms with Gasteiger partial charge in [-0.2, -0.15) is 5.10 Å². The first kappa shape index (κ1) is 18.1. The molecule has 1 aliphatic heterocycles. The Balaban J connectivity index is 1.46. The summed E-state index contributed by atoms with van der Waals surface area (Å²) in [5.74, 6) is -0.0298. The Kier molecular flexibility index (Phi) is 5.22. The molecule has 1 aliphatic rings. The minimum Gasteiger partial charge on any atom is -0.458 e. The standard InChI is InChI=1S/C18H18BrN5O2S/c1-23-15(8-14(22-23)16-5-3-7-27-16)17(25)24-6-2-4-13(11-24)26-18-20-9-12(19)10-21-18/h3,5,7-10,13H,2,4,6,11H2,1H3. The van der Waals surface area contributed by atoms with Crippen molar-refractivity contribution in [2.45, 2.75) is 18.9 Å². The van der Waals surface area contributed by atoms with Crippen LogP contribution in [0.1, 0.15) is 23.3 Å². The van der Waals surface area contributed by atoms with Gasteiger partial charge in [-0.1, -0.05) is 6.07 Å². The topological polar surface area (TPSA) is 73.1 Å². The SMILES string of the molecule is Cn1nc(-c2cccs2)cc1C(=O)N1CCCC(Oc2ncc(Br)cn2)C1. The molecule has 140 valence electrons. The highest BCUT2D eigenvalue weighted by atomic mass is 79.9. The second kappa shape index (κ2) is 7.77. The van der Waals surface area contributed by atoms with Gasteiger partial charge in [0.2, 0.25) is 0 Å². The van der Waals surface area contributed by atoms with Crippen LogP contribution in [-0.4, -0.2) is 49.7 Å². The maximum absolute atomic E-state index is 13.0. The van der Waals surface area contributed by atoms with Gasteiger partial charge >= 0.3 is 6.01 Å². The molecule has 1 unspecified atom stereocenters. The predicted molar refractivity (Wildman–Crippen MR) is 106 cm³/mol. The van der Waals surface area contributed by atoms with Gasteiger partial charge in [-0.05, 0) is 46.3 Å². The molecule has 9 heteroatoms. The van der Waals surface area contributed by atoms with Crippen LogP contribution in [0.25, 0.3) is 10.6 Å². The summed E-state index contributed by atoms with van der Waals surface area (Å²) in [5, 5.41) is 6.49. The van der Waals surface area contributed by atoms with Crippen molar-refractivity contribution in [1.82, 2.24) is 24.6 Å². The first-order valence-corrected chi connectivity index (χ1v) is 10.3. The lowest BCUT2D eigenvalue weighted by Gasteiger charge is -2.32. The van der Waals surface area contributed by atoms with Crippen molar-refractivity contribution in [2.75, 3.05) is 13.1 Å². The molecule has 0 aromatic carbocycles. The number of thiophene rings is 1. The van der Waals surface area contributed by atoms with Crippen LogP contribution in [0.3, 0.4) is 0 Å². The molecule has 0 aliphatic carbocycles. The lowest BCUT2D eigenvalue weighted by atomic mass is 10.1. The van der Waals surface area contributed by atoms with Gasteiger partial charge in [-0.25, -0.2) is 9.97 Å². The van der Waals surface area contributed by atoms with Crippen molar-refractivity contribution in [3.8, 4) is 16.6 Å². The fourth-order valence-electron chi connectivity index (χ4n) is 3.10. The zero-order chi connectivity index (χ0) is 18.8. The number of carbonyl (C=O) groups is 1. The second-order valence-electron chi connectivity index (χ2n) is 6.33. The van der Waals surface area contributed by atoms with E-state index in [1.807, 2.05) is 28.5 Å². The van der Waals surface area contributed by atoms with E-state index in [4.69, 9.17) is 4.74 Å². The Morgan fingerprint density at radius 3 is 2.93 bits per heavy atom. The van der Waals surface area contributed by atoms with Crippen molar-refractivity contribution in [1.29, 1.82) is 0 Å². The largest absolute Gasteiger partial charge is 0.458 e. The van der Waals surface area contributed by atoms with Crippen LogP contribution in [0, 0.1) is 0 Å². The number of ether oxygens (including phenoxy) is 1. The number of likely N-dealkylation sites (tertiary alicyclic amines) is 1. The molecule has 4 heterocycles. The number of hydrogen-bond acceptors (Lipinski definition) is 6. The fourth-order valence-corrected chi connectivity index (χ4v) is 3.99. The predicted octanol–water partition coefficient (Wildman–Crippen LogP) is 3.38. The molecule has 4 rings (SSSR count). The van der Waals surface area contributed by atoms with Gasteiger partial charge in [0.1, 0.15) is 17.5 Å². The summed E-state index contributed by atoms with van der Waals surface area (Å²) in [4.78, 5) is 24.2. The molecule has 1 saturated heterocycles. The number of halogens is 1. The normalized spacial score (nSPS) is 17.1. The van der Waals surface area contributed by atoms with Crippen molar-refractivity contribution >= 4 is 33.2 Å². The summed E-state index contributed by atoms with van der Waals surface area (Å²) in [6.07, 6.45) is 4.93. The fraction of sp³-hybridized carbons (Fsp3) is 0.333. The Bertz CT molecular complexity index is 926. The van der Waals surface area contributed by atoms with Crippen molar-refractivity contribution in [3.05, 3.63) is 46.1 Å². The number of amides is 1. The maximum atomic E-state index is 13.0. The average molecular weight is 448 g/mol. The molecular formula is C18H18BrN5O2S. The van der Waals surface area contributed by atoms with E-state index in [0.717, 1.165) is 27.9 Å². The summed E-state index contributed by atoms with van der Waals surface area (Å²) in [6, 6.07) is 6.17. The number of piperidine rings is 1. The Hall–Kier alpha value is -2.26. The molecular weight excluding hydrogens is 430 g/mol. The number of carbonyl (C=O) groups excluding carboxylic acids is 1. The zero-order valence-corrected chi connectivity index (χ0v) is 17.1. The van der Waals surface area contributed by atoms with Crippen LogP contribution in [0.15, 0.2) is 40.4 Å². The highest BCUT2D eigenvalue weighted by Crippen LogP contribution is 2.25. The Morgan fingerprint density at radius 2 is 2.19 bits per heavy atom. The number of hydrogen-bond donors (Lipinski definition) is 0. The third-order valence-electron chi connectivity index (χ3n) is 4.41. The van der Waals surface area contributed by atoms with Crippen LogP contribution >= 0.6 is 27.3 Å². The minimum absolute atomic E-state index is 0.0298. The second-order valence-corrected chi connectivity index (χ2v) is 8.20. The number of rotatable bonds is 4. The maximum Gasteiger partial charge on any atom is 0.316 e. The molecule has 7 nitrogen and oxygen atoms in total. The third-order valence-corrected chi connectivity index (χ3v) is 5.71. The van der Waals surface area contributed by atoms with E-state index in [-0.39, 0.29) is 12.0 Å². The lowest BCUT2D eigenvalue weighted by Crippen LogP contribution is -2.45. The molecule has 0 saturated carbocycles. The highest BCUT2D eigenvalue weighted by molar-refractivity contribution is 9.10. The quantitative estimate of drug-likeness (QED) is 0.612. The molecule has 0 N–H and O–H groups in total. The third kappa shape index (κ3) is 4.03. The van der Waals surface area contributed by atoms with Gasteiger partial charge in [0, 0.05) is 26.0 Å². The zero-order valence-electron chi connectivity index (χ0n) is 14.7. The number of aryl methyl sites for hydroxylation is 1. The van der Waals surface area contributed by atoms with Crippen molar-refractivity contribution in [3.63, 3.8) is 0 Å². The van der Waals surface area contributed by atoms with Crippen LogP contribution in [0.5, 0.6) is 6.01 Å². The minimum atomic E-state index is -0.117. The number of aromatic nitrogens is 4. The van der Waals surface area contributed by atoms with Gasteiger partial charge in [0.25, 0.3) is 5.91 Å².